The van der Waals surface area contributed by atoms with Crippen molar-refractivity contribution in [2.45, 2.75) is 19.5 Å². The molecule has 0 spiro atoms. The van der Waals surface area contributed by atoms with Crippen molar-refractivity contribution < 1.29 is 4.39 Å². The average Bonchev–Trinajstić information content (AvgIpc) is 2.55. The maximum Gasteiger partial charge on any atom is 0.123 e. The Hall–Kier alpha value is -1.97. The molecule has 0 radical (unpaired) electrons. The van der Waals surface area contributed by atoms with Crippen LogP contribution in [0.25, 0.3) is 10.9 Å². The Kier molecular flexibility index (Phi) is 3.76. The molecule has 0 saturated heterocycles. The van der Waals surface area contributed by atoms with Crippen LogP contribution in [0.4, 0.5) is 4.39 Å². The van der Waals surface area contributed by atoms with Gasteiger partial charge in [0, 0.05) is 42.2 Å². The van der Waals surface area contributed by atoms with Crippen LogP contribution in [-0.4, -0.2) is 16.4 Å². The molecule has 116 valence electrons. The van der Waals surface area contributed by atoms with Gasteiger partial charge in [-0.1, -0.05) is 23.7 Å². The molecule has 23 heavy (non-hydrogen) atoms. The number of pyridine rings is 1. The molecule has 0 aliphatic carbocycles. The molecule has 0 saturated carbocycles. The zero-order valence-corrected chi connectivity index (χ0v) is 13.4. The minimum absolute atomic E-state index is 0.190. The third-order valence-electron chi connectivity index (χ3n) is 4.32. The molecular formula is C19H16ClFN2. The molecule has 3 aromatic rings. The molecule has 2 aromatic carbocycles. The van der Waals surface area contributed by atoms with Gasteiger partial charge >= 0.3 is 0 Å². The molecule has 1 aromatic heterocycles. The van der Waals surface area contributed by atoms with Gasteiger partial charge in [-0.15, -0.1) is 0 Å². The number of nitrogens with zero attached hydrogens (tertiary/aromatic N) is 2. The highest BCUT2D eigenvalue weighted by Gasteiger charge is 2.18. The molecular weight excluding hydrogens is 311 g/mol. The van der Waals surface area contributed by atoms with E-state index < -0.39 is 0 Å². The maximum atomic E-state index is 13.0. The van der Waals surface area contributed by atoms with Crippen LogP contribution in [0.1, 0.15) is 16.8 Å². The Morgan fingerprint density at radius 2 is 1.91 bits per heavy atom. The van der Waals surface area contributed by atoms with E-state index in [1.807, 2.05) is 30.3 Å². The fraction of sp³-hybridized carbons (Fsp3) is 0.211. The Morgan fingerprint density at radius 1 is 1.09 bits per heavy atom. The number of aromatic nitrogens is 1. The standard InChI is InChI=1S/C19H16ClFN2/c20-16-3-6-18-14(10-16)9-15-12-23(8-7-19(15)22-18)11-13-1-4-17(21)5-2-13/h1-6,9-10H,7-8,11-12H2. The van der Waals surface area contributed by atoms with Gasteiger partial charge in [0.05, 0.1) is 5.52 Å². The molecule has 2 nitrogen and oxygen atoms in total. The monoisotopic (exact) mass is 326 g/mol. The van der Waals surface area contributed by atoms with E-state index in [9.17, 15) is 4.39 Å². The van der Waals surface area contributed by atoms with E-state index in [-0.39, 0.29) is 5.82 Å². The number of fused-ring (bicyclic) bond motifs is 2. The zero-order valence-electron chi connectivity index (χ0n) is 12.6. The minimum atomic E-state index is -0.190. The van der Waals surface area contributed by atoms with Crippen LogP contribution >= 0.6 is 11.6 Å². The van der Waals surface area contributed by atoms with Crippen molar-refractivity contribution in [3.05, 3.63) is 76.2 Å². The summed E-state index contributed by atoms with van der Waals surface area (Å²) in [5.74, 6) is -0.190. The second kappa shape index (κ2) is 5.91. The first kappa shape index (κ1) is 14.6. The molecule has 0 fully saturated rings. The van der Waals surface area contributed by atoms with Gasteiger partial charge in [0.15, 0.2) is 0 Å². The number of hydrogen-bond donors (Lipinski definition) is 0. The summed E-state index contributed by atoms with van der Waals surface area (Å²) in [5, 5.41) is 1.82. The van der Waals surface area contributed by atoms with Gasteiger partial charge in [-0.05, 0) is 47.5 Å². The van der Waals surface area contributed by atoms with E-state index in [4.69, 9.17) is 16.6 Å². The summed E-state index contributed by atoms with van der Waals surface area (Å²) in [6, 6.07) is 14.8. The zero-order chi connectivity index (χ0) is 15.8. The first-order chi connectivity index (χ1) is 11.2. The van der Waals surface area contributed by atoms with Gasteiger partial charge in [0.1, 0.15) is 5.82 Å². The summed E-state index contributed by atoms with van der Waals surface area (Å²) in [7, 11) is 0. The maximum absolute atomic E-state index is 13.0. The molecule has 0 unspecified atom stereocenters. The Balaban J connectivity index is 1.59. The third-order valence-corrected chi connectivity index (χ3v) is 4.56. The molecule has 0 atom stereocenters. The molecule has 1 aliphatic rings. The second-order valence-corrected chi connectivity index (χ2v) is 6.45. The predicted octanol–water partition coefficient (Wildman–Crippen LogP) is 4.59. The number of benzene rings is 2. The van der Waals surface area contributed by atoms with Crippen molar-refractivity contribution in [2.24, 2.45) is 0 Å². The van der Waals surface area contributed by atoms with Crippen LogP contribution < -0.4 is 0 Å². The largest absolute Gasteiger partial charge is 0.294 e. The molecule has 0 N–H and O–H groups in total. The molecule has 4 heteroatoms. The SMILES string of the molecule is Fc1ccc(CN2CCc3nc4ccc(Cl)cc4cc3C2)cc1. The molecule has 4 rings (SSSR count). The van der Waals surface area contributed by atoms with Crippen molar-refractivity contribution in [1.29, 1.82) is 0 Å². The predicted molar refractivity (Wildman–Crippen MR) is 91.0 cm³/mol. The van der Waals surface area contributed by atoms with Crippen LogP contribution in [0.2, 0.25) is 5.02 Å². The number of rotatable bonds is 2. The summed E-state index contributed by atoms with van der Waals surface area (Å²) in [6.07, 6.45) is 0.940. The van der Waals surface area contributed by atoms with Crippen LogP contribution in [0.5, 0.6) is 0 Å². The van der Waals surface area contributed by atoms with Crippen molar-refractivity contribution in [3.8, 4) is 0 Å². The Bertz CT molecular complexity index is 861. The van der Waals surface area contributed by atoms with Gasteiger partial charge < -0.3 is 0 Å². The topological polar surface area (TPSA) is 16.1 Å². The first-order valence-corrected chi connectivity index (χ1v) is 8.10. The van der Waals surface area contributed by atoms with Crippen molar-refractivity contribution in [1.82, 2.24) is 9.88 Å². The van der Waals surface area contributed by atoms with Crippen LogP contribution in [0, 0.1) is 5.82 Å². The van der Waals surface area contributed by atoms with E-state index in [1.165, 1.54) is 23.4 Å². The fourth-order valence-electron chi connectivity index (χ4n) is 3.15. The van der Waals surface area contributed by atoms with Crippen molar-refractivity contribution in [2.75, 3.05) is 6.54 Å². The normalized spacial score (nSPS) is 14.9. The van der Waals surface area contributed by atoms with Gasteiger partial charge in [-0.2, -0.15) is 0 Å². The lowest BCUT2D eigenvalue weighted by atomic mass is 10.0. The lowest BCUT2D eigenvalue weighted by molar-refractivity contribution is 0.243. The molecule has 1 aliphatic heterocycles. The first-order valence-electron chi connectivity index (χ1n) is 7.72. The van der Waals surface area contributed by atoms with E-state index >= 15 is 0 Å². The van der Waals surface area contributed by atoms with Crippen molar-refractivity contribution in [3.63, 3.8) is 0 Å². The van der Waals surface area contributed by atoms with Gasteiger partial charge in [-0.25, -0.2) is 4.39 Å². The van der Waals surface area contributed by atoms with Crippen LogP contribution in [-0.2, 0) is 19.5 Å². The summed E-state index contributed by atoms with van der Waals surface area (Å²) in [6.45, 7) is 2.66. The van der Waals surface area contributed by atoms with E-state index in [0.717, 1.165) is 47.5 Å². The smallest absolute Gasteiger partial charge is 0.123 e. The third kappa shape index (κ3) is 3.07. The van der Waals surface area contributed by atoms with Crippen LogP contribution in [0.3, 0.4) is 0 Å². The van der Waals surface area contributed by atoms with Crippen molar-refractivity contribution >= 4 is 22.5 Å². The van der Waals surface area contributed by atoms with Crippen LogP contribution in [0.15, 0.2) is 48.5 Å². The summed E-state index contributed by atoms with van der Waals surface area (Å²) in [5.41, 5.74) is 4.56. The van der Waals surface area contributed by atoms with E-state index in [1.54, 1.807) is 0 Å². The van der Waals surface area contributed by atoms with Gasteiger partial charge in [-0.3, -0.25) is 9.88 Å². The fourth-order valence-corrected chi connectivity index (χ4v) is 3.33. The highest BCUT2D eigenvalue weighted by molar-refractivity contribution is 6.31. The molecule has 0 bridgehead atoms. The number of hydrogen-bond acceptors (Lipinski definition) is 2. The lowest BCUT2D eigenvalue weighted by Crippen LogP contribution is -2.30. The van der Waals surface area contributed by atoms with E-state index in [2.05, 4.69) is 11.0 Å². The Labute approximate surface area is 139 Å². The second-order valence-electron chi connectivity index (χ2n) is 6.02. The highest BCUT2D eigenvalue weighted by atomic mass is 35.5. The lowest BCUT2D eigenvalue weighted by Gasteiger charge is -2.28. The Morgan fingerprint density at radius 3 is 2.74 bits per heavy atom. The summed E-state index contributed by atoms with van der Waals surface area (Å²) in [4.78, 5) is 7.14. The minimum Gasteiger partial charge on any atom is -0.294 e. The van der Waals surface area contributed by atoms with Gasteiger partial charge in [0.2, 0.25) is 0 Å². The highest BCUT2D eigenvalue weighted by Crippen LogP contribution is 2.25. The average molecular weight is 327 g/mol. The quantitative estimate of drug-likeness (QED) is 0.685. The molecule has 0 amide bonds. The molecule has 2 heterocycles. The van der Waals surface area contributed by atoms with Gasteiger partial charge in [0.25, 0.3) is 0 Å². The summed E-state index contributed by atoms with van der Waals surface area (Å²) < 4.78 is 13.0. The number of halogens is 2. The summed E-state index contributed by atoms with van der Waals surface area (Å²) >= 11 is 6.08. The van der Waals surface area contributed by atoms with E-state index in [0.29, 0.717) is 0 Å².